The van der Waals surface area contributed by atoms with Gasteiger partial charge in [0.1, 0.15) is 0 Å². The van der Waals surface area contributed by atoms with E-state index in [2.05, 4.69) is 58.6 Å². The first-order chi connectivity index (χ1) is 7.68. The molecule has 0 heterocycles. The fraction of sp³-hybridized carbons (Fsp3) is 0.286. The summed E-state index contributed by atoms with van der Waals surface area (Å²) in [6.45, 7) is 4.12. The summed E-state index contributed by atoms with van der Waals surface area (Å²) in [6, 6.07) is 8.26. The molecule has 0 unspecified atom stereocenters. The quantitative estimate of drug-likeness (QED) is 0.743. The maximum absolute atomic E-state index is 5.84. The van der Waals surface area contributed by atoms with Gasteiger partial charge < -0.3 is 0 Å². The van der Waals surface area contributed by atoms with Gasteiger partial charge in [0.05, 0.1) is 0 Å². The molecule has 1 aromatic carbocycles. The third kappa shape index (κ3) is 4.17. The first-order valence-corrected chi connectivity index (χ1v) is 6.34. The van der Waals surface area contributed by atoms with Crippen LogP contribution in [0.15, 0.2) is 40.3 Å². The average molecular weight is 320 g/mol. The molecule has 2 rings (SSSR count). The topological polar surface area (TPSA) is 9.23 Å². The molecule has 0 bridgehead atoms. The summed E-state index contributed by atoms with van der Waals surface area (Å²) in [5, 5.41) is 0. The van der Waals surface area contributed by atoms with Crippen LogP contribution in [0.4, 0.5) is 0 Å². The molecule has 0 aliphatic heterocycles. The van der Waals surface area contributed by atoms with E-state index in [0.29, 0.717) is 0 Å². The molecular weight excluding hydrogens is 303 g/mol. The van der Waals surface area contributed by atoms with Crippen molar-refractivity contribution in [2.75, 3.05) is 0 Å². The molecule has 0 aromatic heterocycles. The van der Waals surface area contributed by atoms with Crippen LogP contribution < -0.4 is 4.74 Å². The second-order valence-electron chi connectivity index (χ2n) is 4.16. The Kier molecular flexibility index (Phi) is 7.97. The van der Waals surface area contributed by atoms with Crippen LogP contribution >= 0.6 is 24.8 Å². The molecule has 1 nitrogen and oxygen atoms in total. The Bertz CT molecular complexity index is 453. The largest absolute Gasteiger partial charge is 0.147 e. The van der Waals surface area contributed by atoms with E-state index in [9.17, 15) is 0 Å². The minimum absolute atomic E-state index is 0. The normalized spacial score (nSPS) is 13.2. The smallest absolute Gasteiger partial charge is 0.147 e. The van der Waals surface area contributed by atoms with E-state index in [-0.39, 0.29) is 30.9 Å². The van der Waals surface area contributed by atoms with Gasteiger partial charge in [-0.05, 0) is 0 Å². The zero-order chi connectivity index (χ0) is 11.5. The fourth-order valence-corrected chi connectivity index (χ4v) is 2.33. The van der Waals surface area contributed by atoms with Crippen molar-refractivity contribution in [2.45, 2.75) is 26.4 Å². The Morgan fingerprint density at radius 3 is 2.39 bits per heavy atom. The number of ether oxygens (including phenoxy) is 1. The summed E-state index contributed by atoms with van der Waals surface area (Å²) in [5.41, 5.74) is 2.53. The van der Waals surface area contributed by atoms with Crippen molar-refractivity contribution in [3.63, 3.8) is 0 Å². The van der Waals surface area contributed by atoms with Crippen molar-refractivity contribution >= 4 is 30.4 Å². The van der Waals surface area contributed by atoms with E-state index in [0.717, 1.165) is 12.2 Å². The zero-order valence-electron chi connectivity index (χ0n) is 10.5. The Hall–Kier alpha value is -0.206. The second-order valence-corrected chi connectivity index (χ2v) is 5.10. The molecule has 1 aliphatic carbocycles. The Labute approximate surface area is 133 Å². The van der Waals surface area contributed by atoms with Crippen LogP contribution in [-0.2, 0) is 20.4 Å². The number of hydrogen-bond donors (Lipinski definition) is 0. The van der Waals surface area contributed by atoms with Gasteiger partial charge >= 0.3 is 109 Å². The fourth-order valence-electron chi connectivity index (χ4n) is 1.80. The van der Waals surface area contributed by atoms with Crippen molar-refractivity contribution in [1.29, 1.82) is 0 Å². The Balaban J connectivity index is 0.00000144. The predicted molar refractivity (Wildman–Crippen MR) is 77.4 cm³/mol. The van der Waals surface area contributed by atoms with Crippen LogP contribution in [0, 0.1) is 0 Å². The second kappa shape index (κ2) is 8.06. The summed E-state index contributed by atoms with van der Waals surface area (Å²) < 4.78 is 7.25. The third-order valence-corrected chi connectivity index (χ3v) is 3.21. The van der Waals surface area contributed by atoms with E-state index in [1.807, 2.05) is 12.1 Å². The summed E-state index contributed by atoms with van der Waals surface area (Å²) in [4.78, 5) is 0. The number of rotatable bonds is 3. The first-order valence-electron chi connectivity index (χ1n) is 5.56. The van der Waals surface area contributed by atoms with E-state index in [1.165, 1.54) is 15.0 Å². The zero-order valence-corrected chi connectivity index (χ0v) is 13.7. The van der Waals surface area contributed by atoms with Gasteiger partial charge in [0.15, 0.2) is 0 Å². The molecule has 1 aliphatic rings. The van der Waals surface area contributed by atoms with Crippen molar-refractivity contribution in [3.05, 3.63) is 45.9 Å². The average Bonchev–Trinajstić information content (AvgIpc) is 2.64. The maximum atomic E-state index is 5.84. The summed E-state index contributed by atoms with van der Waals surface area (Å²) in [6.07, 6.45) is 5.67. The molecule has 0 amide bonds. The molecule has 97 valence electrons. The van der Waals surface area contributed by atoms with Gasteiger partial charge in [-0.15, -0.1) is 24.8 Å². The van der Waals surface area contributed by atoms with Gasteiger partial charge in [-0.3, -0.25) is 0 Å². The molecule has 0 fully saturated rings. The van der Waals surface area contributed by atoms with Gasteiger partial charge in [0.2, 0.25) is 0 Å². The number of hydrogen-bond acceptors (Lipinski definition) is 1. The molecule has 1 aromatic rings. The van der Waals surface area contributed by atoms with Gasteiger partial charge in [-0.2, -0.15) is 0 Å². The van der Waals surface area contributed by atoms with Gasteiger partial charge in [-0.1, -0.05) is 0 Å². The summed E-state index contributed by atoms with van der Waals surface area (Å²) in [5.74, 6) is 0.985. The van der Waals surface area contributed by atoms with Crippen LogP contribution in [0.25, 0.3) is 5.57 Å². The Morgan fingerprint density at radius 2 is 1.83 bits per heavy atom. The molecule has 0 atom stereocenters. The van der Waals surface area contributed by atoms with Crippen LogP contribution in [0.3, 0.4) is 0 Å². The standard InChI is InChI=1S/C14H15O.2ClH.Ti/c1-11(2)15-14-10-6-5-9-13(14)12-7-3-4-8-12;;;/h3,5-7,9-11H,4H2,1-2H3;2*1H;. The monoisotopic (exact) mass is 319 g/mol. The molecule has 0 N–H and O–H groups in total. The van der Waals surface area contributed by atoms with Crippen LogP contribution in [0.1, 0.15) is 25.8 Å². The van der Waals surface area contributed by atoms with E-state index in [1.54, 1.807) is 0 Å². The molecule has 0 saturated carbocycles. The predicted octanol–water partition coefficient (Wildman–Crippen LogP) is 4.54. The molecule has 0 spiro atoms. The molecule has 4 heteroatoms. The van der Waals surface area contributed by atoms with Crippen LogP contribution in [0.5, 0.6) is 5.75 Å². The van der Waals surface area contributed by atoms with Crippen molar-refractivity contribution in [2.24, 2.45) is 0 Å². The molecule has 0 saturated heterocycles. The van der Waals surface area contributed by atoms with Gasteiger partial charge in [0.25, 0.3) is 0 Å². The molecule has 18 heavy (non-hydrogen) atoms. The van der Waals surface area contributed by atoms with Crippen molar-refractivity contribution in [1.82, 2.24) is 0 Å². The number of para-hydroxylation sites is 1. The maximum Gasteiger partial charge on any atom is -0.147 e. The molecular formula is C14H17Cl2OTi. The third-order valence-electron chi connectivity index (χ3n) is 2.47. The summed E-state index contributed by atoms with van der Waals surface area (Å²) >= 11 is 2.18. The van der Waals surface area contributed by atoms with E-state index in [4.69, 9.17) is 4.74 Å². The van der Waals surface area contributed by atoms with Gasteiger partial charge in [0, 0.05) is 0 Å². The van der Waals surface area contributed by atoms with Crippen LogP contribution in [0.2, 0.25) is 0 Å². The summed E-state index contributed by atoms with van der Waals surface area (Å²) in [7, 11) is 0. The SMILES string of the molecule is CC(C)Oc1ccccc1C1=[C]([Ti])CC=C1.Cl.Cl. The number of benzene rings is 1. The van der Waals surface area contributed by atoms with Crippen LogP contribution in [-0.4, -0.2) is 6.10 Å². The molecule has 0 radical (unpaired) electrons. The number of halogens is 2. The van der Waals surface area contributed by atoms with Crippen molar-refractivity contribution < 1.29 is 25.2 Å². The first kappa shape index (κ1) is 17.8. The minimum atomic E-state index is 0. The minimum Gasteiger partial charge on any atom is -0.147 e. The Morgan fingerprint density at radius 1 is 1.17 bits per heavy atom. The van der Waals surface area contributed by atoms with E-state index >= 15 is 0 Å². The van der Waals surface area contributed by atoms with E-state index < -0.39 is 0 Å². The van der Waals surface area contributed by atoms with Crippen molar-refractivity contribution in [3.8, 4) is 5.75 Å². The van der Waals surface area contributed by atoms with Gasteiger partial charge in [-0.25, -0.2) is 0 Å². The number of allylic oxidation sites excluding steroid dienone is 4.